The van der Waals surface area contributed by atoms with Gasteiger partial charge in [-0.1, -0.05) is 47.5 Å². The molecule has 3 heterocycles. The highest BCUT2D eigenvalue weighted by molar-refractivity contribution is 6.32. The standard InChI is InChI=1S/C24H17ClN2O3/c1-13-6-8-15(9-7-13)21-20-22(28)16-12-17(25)14(2)11-18(16)30-23(20)24(29)27(21)19-5-3-4-10-26-19/h3-12,21H,1-2H3/t21-/m0/s1. The molecule has 0 fully saturated rings. The van der Waals surface area contributed by atoms with Gasteiger partial charge in [-0.2, -0.15) is 0 Å². The molecule has 4 aromatic rings. The molecule has 0 saturated heterocycles. The van der Waals surface area contributed by atoms with Crippen LogP contribution in [0.3, 0.4) is 0 Å². The van der Waals surface area contributed by atoms with Crippen molar-refractivity contribution < 1.29 is 9.21 Å². The zero-order valence-corrected chi connectivity index (χ0v) is 17.1. The van der Waals surface area contributed by atoms with Gasteiger partial charge >= 0.3 is 0 Å². The Hall–Kier alpha value is -3.44. The predicted molar refractivity (Wildman–Crippen MR) is 116 cm³/mol. The minimum atomic E-state index is -0.635. The molecule has 1 aliphatic rings. The molecule has 0 unspecified atom stereocenters. The van der Waals surface area contributed by atoms with Gasteiger partial charge in [0.2, 0.25) is 5.76 Å². The van der Waals surface area contributed by atoms with Crippen molar-refractivity contribution in [3.8, 4) is 0 Å². The molecule has 6 heteroatoms. The molecule has 2 aromatic carbocycles. The second kappa shape index (κ2) is 6.82. The van der Waals surface area contributed by atoms with Crippen molar-refractivity contribution >= 4 is 34.3 Å². The Kier molecular flexibility index (Phi) is 4.22. The maximum absolute atomic E-state index is 13.5. The molecule has 1 atom stereocenters. The van der Waals surface area contributed by atoms with Crippen molar-refractivity contribution in [2.24, 2.45) is 0 Å². The number of hydrogen-bond acceptors (Lipinski definition) is 4. The fourth-order valence-corrected chi connectivity index (χ4v) is 4.05. The summed E-state index contributed by atoms with van der Waals surface area (Å²) in [6, 6.07) is 15.7. The maximum Gasteiger partial charge on any atom is 0.296 e. The summed E-state index contributed by atoms with van der Waals surface area (Å²) in [7, 11) is 0. The van der Waals surface area contributed by atoms with Gasteiger partial charge in [0, 0.05) is 11.2 Å². The van der Waals surface area contributed by atoms with Crippen molar-refractivity contribution in [3.05, 3.63) is 104 Å². The predicted octanol–water partition coefficient (Wildman–Crippen LogP) is 5.21. The van der Waals surface area contributed by atoms with E-state index in [9.17, 15) is 9.59 Å². The third-order valence-electron chi connectivity index (χ3n) is 5.44. The summed E-state index contributed by atoms with van der Waals surface area (Å²) in [6.45, 7) is 3.81. The number of rotatable bonds is 2. The molecule has 0 N–H and O–H groups in total. The van der Waals surface area contributed by atoms with Crippen molar-refractivity contribution in [2.75, 3.05) is 4.90 Å². The lowest BCUT2D eigenvalue weighted by molar-refractivity contribution is 0.0970. The third kappa shape index (κ3) is 2.74. The van der Waals surface area contributed by atoms with E-state index in [1.54, 1.807) is 36.5 Å². The molecule has 0 bridgehead atoms. The number of halogens is 1. The van der Waals surface area contributed by atoms with Crippen LogP contribution in [0.15, 0.2) is 70.0 Å². The van der Waals surface area contributed by atoms with Crippen LogP contribution in [0.25, 0.3) is 11.0 Å². The summed E-state index contributed by atoms with van der Waals surface area (Å²) < 4.78 is 5.98. The van der Waals surface area contributed by atoms with Crippen LogP contribution >= 0.6 is 11.6 Å². The van der Waals surface area contributed by atoms with E-state index in [1.165, 1.54) is 4.90 Å². The summed E-state index contributed by atoms with van der Waals surface area (Å²) in [6.07, 6.45) is 1.62. The second-order valence-corrected chi connectivity index (χ2v) is 7.86. The summed E-state index contributed by atoms with van der Waals surface area (Å²) in [4.78, 5) is 32.8. The average molecular weight is 417 g/mol. The zero-order valence-electron chi connectivity index (χ0n) is 16.3. The van der Waals surface area contributed by atoms with Gasteiger partial charge in [-0.25, -0.2) is 4.98 Å². The van der Waals surface area contributed by atoms with Gasteiger partial charge in [-0.3, -0.25) is 14.5 Å². The first-order valence-electron chi connectivity index (χ1n) is 9.53. The molecule has 5 nitrogen and oxygen atoms in total. The second-order valence-electron chi connectivity index (χ2n) is 7.45. The van der Waals surface area contributed by atoms with Gasteiger partial charge in [0.1, 0.15) is 11.4 Å². The van der Waals surface area contributed by atoms with Crippen LogP contribution in [-0.4, -0.2) is 10.9 Å². The molecule has 1 aliphatic heterocycles. The van der Waals surface area contributed by atoms with Gasteiger partial charge in [0.25, 0.3) is 5.91 Å². The number of nitrogens with zero attached hydrogens (tertiary/aromatic N) is 2. The van der Waals surface area contributed by atoms with E-state index in [0.717, 1.165) is 16.7 Å². The summed E-state index contributed by atoms with van der Waals surface area (Å²) in [5, 5.41) is 0.838. The Bertz CT molecular complexity index is 1360. The molecular weight excluding hydrogens is 400 g/mol. The largest absolute Gasteiger partial charge is 0.450 e. The van der Waals surface area contributed by atoms with E-state index in [2.05, 4.69) is 4.98 Å². The van der Waals surface area contributed by atoms with Crippen molar-refractivity contribution in [2.45, 2.75) is 19.9 Å². The zero-order chi connectivity index (χ0) is 21.0. The lowest BCUT2D eigenvalue weighted by Gasteiger charge is -2.24. The number of fused-ring (bicyclic) bond motifs is 2. The minimum Gasteiger partial charge on any atom is -0.450 e. The number of aryl methyl sites for hydroxylation is 2. The molecule has 148 valence electrons. The van der Waals surface area contributed by atoms with Crippen molar-refractivity contribution in [1.82, 2.24) is 4.98 Å². The summed E-state index contributed by atoms with van der Waals surface area (Å²) >= 11 is 6.27. The molecule has 0 saturated carbocycles. The van der Waals surface area contributed by atoms with Crippen LogP contribution in [0.1, 0.15) is 38.9 Å². The highest BCUT2D eigenvalue weighted by Crippen LogP contribution is 2.40. The number of pyridine rings is 1. The molecule has 30 heavy (non-hydrogen) atoms. The molecule has 5 rings (SSSR count). The number of anilines is 1. The minimum absolute atomic E-state index is 0.0467. The SMILES string of the molecule is Cc1ccc([C@H]2c3c(oc4cc(C)c(Cl)cc4c3=O)C(=O)N2c2ccccn2)cc1. The Morgan fingerprint density at radius 3 is 2.50 bits per heavy atom. The first-order valence-corrected chi connectivity index (χ1v) is 9.91. The summed E-state index contributed by atoms with van der Waals surface area (Å²) in [5.41, 5.74) is 3.06. The average Bonchev–Trinajstić information content (AvgIpc) is 3.04. The van der Waals surface area contributed by atoms with E-state index in [0.29, 0.717) is 27.4 Å². The number of carbonyl (C=O) groups is 1. The van der Waals surface area contributed by atoms with Crippen LogP contribution in [0.5, 0.6) is 0 Å². The number of amides is 1. The third-order valence-corrected chi connectivity index (χ3v) is 5.85. The number of benzene rings is 2. The fourth-order valence-electron chi connectivity index (χ4n) is 3.89. The van der Waals surface area contributed by atoms with Gasteiger partial charge in [-0.15, -0.1) is 0 Å². The van der Waals surface area contributed by atoms with E-state index in [1.807, 2.05) is 38.1 Å². The highest BCUT2D eigenvalue weighted by Gasteiger charge is 2.44. The first-order chi connectivity index (χ1) is 14.5. The molecule has 1 amide bonds. The lowest BCUT2D eigenvalue weighted by Crippen LogP contribution is -2.30. The maximum atomic E-state index is 13.5. The monoisotopic (exact) mass is 416 g/mol. The van der Waals surface area contributed by atoms with Crippen LogP contribution in [0.4, 0.5) is 5.82 Å². The van der Waals surface area contributed by atoms with Crippen molar-refractivity contribution in [3.63, 3.8) is 0 Å². The number of hydrogen-bond donors (Lipinski definition) is 0. The Morgan fingerprint density at radius 2 is 1.80 bits per heavy atom. The Labute approximate surface area is 177 Å². The lowest BCUT2D eigenvalue weighted by atomic mass is 9.97. The number of carbonyl (C=O) groups excluding carboxylic acids is 1. The van der Waals surface area contributed by atoms with Crippen molar-refractivity contribution in [1.29, 1.82) is 0 Å². The van der Waals surface area contributed by atoms with Crippen LogP contribution in [0, 0.1) is 13.8 Å². The fraction of sp³-hybridized carbons (Fsp3) is 0.125. The van der Waals surface area contributed by atoms with Crippen LogP contribution in [-0.2, 0) is 0 Å². The highest BCUT2D eigenvalue weighted by atomic mass is 35.5. The van der Waals surface area contributed by atoms with Gasteiger partial charge in [0.05, 0.1) is 17.0 Å². The van der Waals surface area contributed by atoms with E-state index in [-0.39, 0.29) is 17.1 Å². The first kappa shape index (κ1) is 18.6. The number of aromatic nitrogens is 1. The molecule has 2 aromatic heterocycles. The van der Waals surface area contributed by atoms with E-state index >= 15 is 0 Å². The van der Waals surface area contributed by atoms with Gasteiger partial charge < -0.3 is 4.42 Å². The van der Waals surface area contributed by atoms with E-state index in [4.69, 9.17) is 16.0 Å². The normalized spacial score (nSPS) is 15.6. The summed E-state index contributed by atoms with van der Waals surface area (Å²) in [5.74, 6) is 0.114. The van der Waals surface area contributed by atoms with Crippen LogP contribution < -0.4 is 10.3 Å². The smallest absolute Gasteiger partial charge is 0.296 e. The van der Waals surface area contributed by atoms with Gasteiger partial charge in [-0.05, 0) is 49.2 Å². The van der Waals surface area contributed by atoms with Crippen LogP contribution in [0.2, 0.25) is 5.02 Å². The van der Waals surface area contributed by atoms with E-state index < -0.39 is 6.04 Å². The Balaban J connectivity index is 1.83. The topological polar surface area (TPSA) is 63.4 Å². The quantitative estimate of drug-likeness (QED) is 0.450. The molecule has 0 spiro atoms. The van der Waals surface area contributed by atoms with Gasteiger partial charge in [0.15, 0.2) is 5.43 Å². The molecular formula is C24H17ClN2O3. The molecule has 0 aliphatic carbocycles. The molecule has 0 radical (unpaired) electrons. The Morgan fingerprint density at radius 1 is 1.03 bits per heavy atom.